The van der Waals surface area contributed by atoms with E-state index in [2.05, 4.69) is 6.42 Å². The average Bonchev–Trinajstić information content (AvgIpc) is 2.01. The van der Waals surface area contributed by atoms with Gasteiger partial charge in [-0.3, -0.25) is 0 Å². The van der Waals surface area contributed by atoms with Crippen molar-refractivity contribution < 1.29 is 5.11 Å². The van der Waals surface area contributed by atoms with Gasteiger partial charge in [0.2, 0.25) is 0 Å². The maximum atomic E-state index is 9.10. The van der Waals surface area contributed by atoms with Crippen molar-refractivity contribution in [2.24, 2.45) is 0 Å². The summed E-state index contributed by atoms with van der Waals surface area (Å²) < 4.78 is 0. The van der Waals surface area contributed by atoms with Crippen LogP contribution in [0.25, 0.3) is 0 Å². The van der Waals surface area contributed by atoms with Crippen LogP contribution in [0.15, 0.2) is 24.3 Å². The standard InChI is InChI=1S/C10H13O/c1-2-3-5-9-6-4-7-10(11)8-9/h2,4,6-8,11H,3,5H2,1H3. The second-order valence-electron chi connectivity index (χ2n) is 2.62. The lowest BCUT2D eigenvalue weighted by Gasteiger charge is -1.98. The summed E-state index contributed by atoms with van der Waals surface area (Å²) in [7, 11) is 0. The minimum Gasteiger partial charge on any atom is -0.508 e. The fourth-order valence-corrected chi connectivity index (χ4v) is 1.02. The Labute approximate surface area is 67.7 Å². The van der Waals surface area contributed by atoms with E-state index in [1.54, 1.807) is 6.07 Å². The Bertz CT molecular complexity index is 218. The van der Waals surface area contributed by atoms with Crippen LogP contribution in [0.5, 0.6) is 5.75 Å². The fourth-order valence-electron chi connectivity index (χ4n) is 1.02. The third kappa shape index (κ3) is 2.62. The summed E-state index contributed by atoms with van der Waals surface area (Å²) in [5.41, 5.74) is 1.20. The zero-order chi connectivity index (χ0) is 8.10. The maximum absolute atomic E-state index is 9.10. The predicted octanol–water partition coefficient (Wildman–Crippen LogP) is 2.55. The molecule has 0 unspecified atom stereocenters. The first-order valence-corrected chi connectivity index (χ1v) is 3.88. The van der Waals surface area contributed by atoms with E-state index in [1.807, 2.05) is 25.1 Å². The van der Waals surface area contributed by atoms with Gasteiger partial charge in [0.05, 0.1) is 0 Å². The van der Waals surface area contributed by atoms with Crippen molar-refractivity contribution in [3.63, 3.8) is 0 Å². The SMILES string of the molecule is C[CH]CCc1cccc(O)c1. The quantitative estimate of drug-likeness (QED) is 0.700. The molecule has 0 aliphatic carbocycles. The Kier molecular flexibility index (Phi) is 2.96. The molecule has 1 aromatic rings. The molecule has 11 heavy (non-hydrogen) atoms. The molecule has 1 rings (SSSR count). The zero-order valence-corrected chi connectivity index (χ0v) is 6.75. The van der Waals surface area contributed by atoms with Gasteiger partial charge in [-0.1, -0.05) is 19.1 Å². The minimum absolute atomic E-state index is 0.360. The number of aromatic hydroxyl groups is 1. The van der Waals surface area contributed by atoms with Crippen LogP contribution in [-0.4, -0.2) is 5.11 Å². The van der Waals surface area contributed by atoms with Gasteiger partial charge in [-0.05, 0) is 37.0 Å². The molecule has 0 aliphatic heterocycles. The van der Waals surface area contributed by atoms with Gasteiger partial charge in [0.1, 0.15) is 5.75 Å². The summed E-state index contributed by atoms with van der Waals surface area (Å²) >= 11 is 0. The van der Waals surface area contributed by atoms with Crippen LogP contribution in [0.2, 0.25) is 0 Å². The minimum atomic E-state index is 0.360. The van der Waals surface area contributed by atoms with Gasteiger partial charge in [-0.2, -0.15) is 0 Å². The number of benzene rings is 1. The monoisotopic (exact) mass is 149 g/mol. The predicted molar refractivity (Wildman–Crippen MR) is 46.4 cm³/mol. The lowest BCUT2D eigenvalue weighted by molar-refractivity contribution is 0.474. The molecule has 0 aromatic heterocycles. The van der Waals surface area contributed by atoms with E-state index in [4.69, 9.17) is 5.11 Å². The highest BCUT2D eigenvalue weighted by molar-refractivity contribution is 5.27. The van der Waals surface area contributed by atoms with Crippen molar-refractivity contribution in [2.75, 3.05) is 0 Å². The number of hydrogen-bond acceptors (Lipinski definition) is 1. The Morgan fingerprint density at radius 1 is 1.45 bits per heavy atom. The second kappa shape index (κ2) is 4.02. The topological polar surface area (TPSA) is 20.2 Å². The van der Waals surface area contributed by atoms with Gasteiger partial charge in [0, 0.05) is 0 Å². The molecule has 0 bridgehead atoms. The van der Waals surface area contributed by atoms with Crippen molar-refractivity contribution in [1.82, 2.24) is 0 Å². The van der Waals surface area contributed by atoms with Crippen LogP contribution in [0.1, 0.15) is 18.9 Å². The maximum Gasteiger partial charge on any atom is 0.115 e. The summed E-state index contributed by atoms with van der Waals surface area (Å²) in [4.78, 5) is 0. The van der Waals surface area contributed by atoms with Crippen LogP contribution in [-0.2, 0) is 6.42 Å². The van der Waals surface area contributed by atoms with E-state index in [9.17, 15) is 0 Å². The first-order chi connectivity index (χ1) is 5.33. The Hall–Kier alpha value is -0.980. The molecular formula is C10H13O. The normalized spacial score (nSPS) is 9.91. The molecular weight excluding hydrogens is 136 g/mol. The highest BCUT2D eigenvalue weighted by Crippen LogP contribution is 2.12. The number of aryl methyl sites for hydroxylation is 1. The van der Waals surface area contributed by atoms with Gasteiger partial charge in [-0.15, -0.1) is 0 Å². The first-order valence-electron chi connectivity index (χ1n) is 3.88. The number of hydrogen-bond donors (Lipinski definition) is 1. The average molecular weight is 149 g/mol. The fraction of sp³-hybridized carbons (Fsp3) is 0.300. The largest absolute Gasteiger partial charge is 0.508 e. The molecule has 1 heteroatoms. The molecule has 0 amide bonds. The Morgan fingerprint density at radius 3 is 2.91 bits per heavy atom. The van der Waals surface area contributed by atoms with Crippen molar-refractivity contribution in [1.29, 1.82) is 0 Å². The third-order valence-electron chi connectivity index (χ3n) is 1.63. The third-order valence-corrected chi connectivity index (χ3v) is 1.63. The van der Waals surface area contributed by atoms with Crippen molar-refractivity contribution in [2.45, 2.75) is 19.8 Å². The van der Waals surface area contributed by atoms with E-state index >= 15 is 0 Å². The van der Waals surface area contributed by atoms with E-state index < -0.39 is 0 Å². The van der Waals surface area contributed by atoms with Crippen LogP contribution >= 0.6 is 0 Å². The number of rotatable bonds is 3. The summed E-state index contributed by atoms with van der Waals surface area (Å²) in [6.45, 7) is 2.04. The van der Waals surface area contributed by atoms with Gasteiger partial charge in [-0.25, -0.2) is 0 Å². The lowest BCUT2D eigenvalue weighted by atomic mass is 10.1. The molecule has 0 atom stereocenters. The summed E-state index contributed by atoms with van der Waals surface area (Å²) in [6, 6.07) is 7.41. The highest BCUT2D eigenvalue weighted by Gasteiger charge is 1.92. The van der Waals surface area contributed by atoms with Crippen LogP contribution in [0.3, 0.4) is 0 Å². The van der Waals surface area contributed by atoms with Gasteiger partial charge in [0.15, 0.2) is 0 Å². The van der Waals surface area contributed by atoms with Crippen LogP contribution in [0.4, 0.5) is 0 Å². The molecule has 0 saturated carbocycles. The molecule has 0 heterocycles. The molecule has 0 fully saturated rings. The Balaban J connectivity index is 2.56. The second-order valence-corrected chi connectivity index (χ2v) is 2.62. The van der Waals surface area contributed by atoms with Crippen molar-refractivity contribution in [3.8, 4) is 5.75 Å². The van der Waals surface area contributed by atoms with Gasteiger partial charge < -0.3 is 5.11 Å². The lowest BCUT2D eigenvalue weighted by Crippen LogP contribution is -1.83. The number of phenols is 1. The molecule has 1 N–H and O–H groups in total. The number of unbranched alkanes of at least 4 members (excludes halogenated alkanes) is 1. The highest BCUT2D eigenvalue weighted by atomic mass is 16.3. The van der Waals surface area contributed by atoms with E-state index in [-0.39, 0.29) is 0 Å². The molecule has 1 radical (unpaired) electrons. The van der Waals surface area contributed by atoms with Gasteiger partial charge >= 0.3 is 0 Å². The summed E-state index contributed by atoms with van der Waals surface area (Å²) in [5.74, 6) is 0.360. The van der Waals surface area contributed by atoms with Gasteiger partial charge in [0.25, 0.3) is 0 Å². The summed E-state index contributed by atoms with van der Waals surface area (Å²) in [5, 5.41) is 9.10. The molecule has 59 valence electrons. The molecule has 0 saturated heterocycles. The Morgan fingerprint density at radius 2 is 2.27 bits per heavy atom. The van der Waals surface area contributed by atoms with E-state index in [0.29, 0.717) is 5.75 Å². The van der Waals surface area contributed by atoms with Crippen LogP contribution in [0, 0.1) is 6.42 Å². The molecule has 0 aliphatic rings. The van der Waals surface area contributed by atoms with E-state index in [0.717, 1.165) is 12.8 Å². The first kappa shape index (κ1) is 8.12. The van der Waals surface area contributed by atoms with Crippen molar-refractivity contribution >= 4 is 0 Å². The molecule has 1 nitrogen and oxygen atoms in total. The summed E-state index contributed by atoms with van der Waals surface area (Å²) in [6.07, 6.45) is 4.22. The molecule has 0 spiro atoms. The van der Waals surface area contributed by atoms with Crippen LogP contribution < -0.4 is 0 Å². The number of phenolic OH excluding ortho intramolecular Hbond substituents is 1. The smallest absolute Gasteiger partial charge is 0.115 e. The molecule has 1 aromatic carbocycles. The zero-order valence-electron chi connectivity index (χ0n) is 6.75. The van der Waals surface area contributed by atoms with E-state index in [1.165, 1.54) is 5.56 Å². The van der Waals surface area contributed by atoms with Crippen molar-refractivity contribution in [3.05, 3.63) is 36.2 Å².